The Morgan fingerprint density at radius 3 is 2.65 bits per heavy atom. The molecule has 0 radical (unpaired) electrons. The molecule has 0 spiro atoms. The van der Waals surface area contributed by atoms with E-state index in [1.165, 1.54) is 6.42 Å². The number of amides is 2. The van der Waals surface area contributed by atoms with Crippen LogP contribution in [0.15, 0.2) is 0 Å². The summed E-state index contributed by atoms with van der Waals surface area (Å²) in [6, 6.07) is -0.126. The van der Waals surface area contributed by atoms with E-state index in [0.29, 0.717) is 19.2 Å². The summed E-state index contributed by atoms with van der Waals surface area (Å²) in [6.07, 6.45) is 8.59. The number of urea groups is 1. The Hall–Kier alpha value is -0.810. The molecule has 116 valence electrons. The molecule has 0 aromatic heterocycles. The third kappa shape index (κ3) is 5.29. The highest BCUT2D eigenvalue weighted by molar-refractivity contribution is 5.73. The molecule has 2 rings (SSSR count). The van der Waals surface area contributed by atoms with Crippen LogP contribution in [0, 0.1) is 5.92 Å². The lowest BCUT2D eigenvalue weighted by Gasteiger charge is -2.27. The van der Waals surface area contributed by atoms with E-state index in [-0.39, 0.29) is 18.1 Å². The van der Waals surface area contributed by atoms with E-state index < -0.39 is 0 Å². The van der Waals surface area contributed by atoms with Gasteiger partial charge in [-0.2, -0.15) is 0 Å². The second-order valence-electron chi connectivity index (χ2n) is 6.03. The summed E-state index contributed by atoms with van der Waals surface area (Å²) >= 11 is 0. The zero-order valence-corrected chi connectivity index (χ0v) is 12.3. The molecule has 5 nitrogen and oxygen atoms in total. The van der Waals surface area contributed by atoms with E-state index in [2.05, 4.69) is 10.6 Å². The van der Waals surface area contributed by atoms with Gasteiger partial charge in [-0.15, -0.1) is 0 Å². The molecular weight excluding hydrogens is 256 g/mol. The van der Waals surface area contributed by atoms with Gasteiger partial charge in [0.05, 0.1) is 12.2 Å². The van der Waals surface area contributed by atoms with E-state index >= 15 is 0 Å². The Kier molecular flexibility index (Phi) is 6.60. The van der Waals surface area contributed by atoms with Crippen LogP contribution in [-0.4, -0.2) is 43.0 Å². The van der Waals surface area contributed by atoms with E-state index in [1.807, 2.05) is 0 Å². The number of rotatable bonds is 5. The van der Waals surface area contributed by atoms with Gasteiger partial charge in [-0.25, -0.2) is 4.79 Å². The quantitative estimate of drug-likeness (QED) is 0.721. The van der Waals surface area contributed by atoms with Crippen molar-refractivity contribution in [3.05, 3.63) is 0 Å². The maximum Gasteiger partial charge on any atom is 0.314 e. The van der Waals surface area contributed by atoms with Crippen LogP contribution in [-0.2, 0) is 4.74 Å². The third-order valence-corrected chi connectivity index (χ3v) is 4.42. The SMILES string of the molecule is O=C(NCCC1CCCCO1)NCC1CCCCC1O. The van der Waals surface area contributed by atoms with Gasteiger partial charge in [0.15, 0.2) is 0 Å². The Balaban J connectivity index is 1.53. The summed E-state index contributed by atoms with van der Waals surface area (Å²) in [4.78, 5) is 11.7. The molecule has 3 unspecified atom stereocenters. The Labute approximate surface area is 121 Å². The van der Waals surface area contributed by atoms with E-state index in [9.17, 15) is 9.90 Å². The summed E-state index contributed by atoms with van der Waals surface area (Å²) in [7, 11) is 0. The van der Waals surface area contributed by atoms with Gasteiger partial charge in [0.2, 0.25) is 0 Å². The number of carbonyl (C=O) groups is 1. The van der Waals surface area contributed by atoms with Crippen LogP contribution >= 0.6 is 0 Å². The molecule has 2 amide bonds. The second-order valence-corrected chi connectivity index (χ2v) is 6.03. The summed E-state index contributed by atoms with van der Waals surface area (Å²) in [5.41, 5.74) is 0. The zero-order valence-electron chi connectivity index (χ0n) is 12.3. The van der Waals surface area contributed by atoms with Crippen LogP contribution in [0.2, 0.25) is 0 Å². The Morgan fingerprint density at radius 1 is 1.10 bits per heavy atom. The normalized spacial score (nSPS) is 30.8. The van der Waals surface area contributed by atoms with Gasteiger partial charge >= 0.3 is 6.03 Å². The molecule has 1 saturated carbocycles. The molecule has 1 aliphatic carbocycles. The average Bonchev–Trinajstić information content (AvgIpc) is 2.47. The predicted octanol–water partition coefficient (Wildman–Crippen LogP) is 1.80. The molecule has 20 heavy (non-hydrogen) atoms. The van der Waals surface area contributed by atoms with Gasteiger partial charge in [0.25, 0.3) is 0 Å². The average molecular weight is 284 g/mol. The molecule has 2 fully saturated rings. The smallest absolute Gasteiger partial charge is 0.314 e. The number of ether oxygens (including phenoxy) is 1. The first-order valence-electron chi connectivity index (χ1n) is 8.07. The van der Waals surface area contributed by atoms with Crippen LogP contribution in [0.25, 0.3) is 0 Å². The first-order chi connectivity index (χ1) is 9.75. The van der Waals surface area contributed by atoms with Crippen LogP contribution in [0.1, 0.15) is 51.4 Å². The molecule has 3 N–H and O–H groups in total. The number of nitrogens with one attached hydrogen (secondary N) is 2. The highest BCUT2D eigenvalue weighted by Gasteiger charge is 2.23. The molecule has 2 aliphatic rings. The maximum absolute atomic E-state index is 11.7. The largest absolute Gasteiger partial charge is 0.393 e. The lowest BCUT2D eigenvalue weighted by molar-refractivity contribution is 0.0120. The summed E-state index contributed by atoms with van der Waals surface area (Å²) in [5, 5.41) is 15.6. The second kappa shape index (κ2) is 8.47. The number of aliphatic hydroxyl groups excluding tert-OH is 1. The lowest BCUT2D eigenvalue weighted by atomic mass is 9.86. The lowest BCUT2D eigenvalue weighted by Crippen LogP contribution is -2.42. The standard InChI is InChI=1S/C15H28N2O3/c18-14-7-2-1-5-12(14)11-17-15(19)16-9-8-13-6-3-4-10-20-13/h12-14,18H,1-11H2,(H2,16,17,19). The first-order valence-corrected chi connectivity index (χ1v) is 8.07. The number of hydrogen-bond acceptors (Lipinski definition) is 3. The highest BCUT2D eigenvalue weighted by Crippen LogP contribution is 2.23. The fourth-order valence-electron chi connectivity index (χ4n) is 3.09. The van der Waals surface area contributed by atoms with Gasteiger partial charge in [-0.3, -0.25) is 0 Å². The van der Waals surface area contributed by atoms with Gasteiger partial charge in [0.1, 0.15) is 0 Å². The van der Waals surface area contributed by atoms with Crippen molar-refractivity contribution in [2.75, 3.05) is 19.7 Å². The monoisotopic (exact) mass is 284 g/mol. The fraction of sp³-hybridized carbons (Fsp3) is 0.933. The number of aliphatic hydroxyl groups is 1. The van der Waals surface area contributed by atoms with E-state index in [1.54, 1.807) is 0 Å². The van der Waals surface area contributed by atoms with Crippen LogP contribution < -0.4 is 10.6 Å². The minimum absolute atomic E-state index is 0.126. The molecule has 1 aliphatic heterocycles. The van der Waals surface area contributed by atoms with Crippen molar-refractivity contribution in [2.45, 2.75) is 63.6 Å². The van der Waals surface area contributed by atoms with Crippen molar-refractivity contribution in [1.82, 2.24) is 10.6 Å². The number of carbonyl (C=O) groups excluding carboxylic acids is 1. The molecule has 0 bridgehead atoms. The van der Waals surface area contributed by atoms with Crippen molar-refractivity contribution in [2.24, 2.45) is 5.92 Å². The molecule has 3 atom stereocenters. The van der Waals surface area contributed by atoms with Gasteiger partial charge < -0.3 is 20.5 Å². The third-order valence-electron chi connectivity index (χ3n) is 4.42. The molecular formula is C15H28N2O3. The summed E-state index contributed by atoms with van der Waals surface area (Å²) in [6.45, 7) is 2.09. The van der Waals surface area contributed by atoms with Crippen molar-refractivity contribution in [3.8, 4) is 0 Å². The zero-order chi connectivity index (χ0) is 14.2. The maximum atomic E-state index is 11.7. The molecule has 1 heterocycles. The molecule has 0 aromatic carbocycles. The Bertz CT molecular complexity index is 293. The minimum atomic E-state index is -0.250. The van der Waals surface area contributed by atoms with Crippen molar-refractivity contribution >= 4 is 6.03 Å². The Morgan fingerprint density at radius 2 is 1.90 bits per heavy atom. The molecule has 1 saturated heterocycles. The van der Waals surface area contributed by atoms with Crippen LogP contribution in [0.4, 0.5) is 4.79 Å². The summed E-state index contributed by atoms with van der Waals surface area (Å²) < 4.78 is 5.62. The topological polar surface area (TPSA) is 70.6 Å². The van der Waals surface area contributed by atoms with Gasteiger partial charge in [-0.1, -0.05) is 12.8 Å². The summed E-state index contributed by atoms with van der Waals surface area (Å²) in [5.74, 6) is 0.219. The first kappa shape index (κ1) is 15.6. The minimum Gasteiger partial charge on any atom is -0.393 e. The number of hydrogen-bond donors (Lipinski definition) is 3. The molecule has 5 heteroatoms. The van der Waals surface area contributed by atoms with Gasteiger partial charge in [-0.05, 0) is 38.5 Å². The molecule has 0 aromatic rings. The fourth-order valence-corrected chi connectivity index (χ4v) is 3.09. The van der Waals surface area contributed by atoms with Gasteiger partial charge in [0, 0.05) is 25.6 Å². The van der Waals surface area contributed by atoms with Crippen molar-refractivity contribution in [3.63, 3.8) is 0 Å². The highest BCUT2D eigenvalue weighted by atomic mass is 16.5. The van der Waals surface area contributed by atoms with Crippen molar-refractivity contribution < 1.29 is 14.6 Å². The predicted molar refractivity (Wildman–Crippen MR) is 77.6 cm³/mol. The van der Waals surface area contributed by atoms with Crippen LogP contribution in [0.3, 0.4) is 0 Å². The van der Waals surface area contributed by atoms with E-state index in [0.717, 1.165) is 51.6 Å². The van der Waals surface area contributed by atoms with E-state index in [4.69, 9.17) is 4.74 Å². The van der Waals surface area contributed by atoms with Crippen molar-refractivity contribution in [1.29, 1.82) is 0 Å². The van der Waals surface area contributed by atoms with Crippen LogP contribution in [0.5, 0.6) is 0 Å².